The van der Waals surface area contributed by atoms with Gasteiger partial charge >= 0.3 is 11.9 Å². The summed E-state index contributed by atoms with van der Waals surface area (Å²) < 4.78 is 19.2. The van der Waals surface area contributed by atoms with Crippen LogP contribution in [0.2, 0.25) is 0 Å². The van der Waals surface area contributed by atoms with Crippen LogP contribution in [0.5, 0.6) is 5.75 Å². The molecule has 3 aromatic rings. The number of pyridine rings is 1. The van der Waals surface area contributed by atoms with E-state index in [0.717, 1.165) is 0 Å². The van der Waals surface area contributed by atoms with Gasteiger partial charge in [0, 0.05) is 11.1 Å². The Balaban J connectivity index is 1.99. The molecule has 0 radical (unpaired) electrons. The summed E-state index contributed by atoms with van der Waals surface area (Å²) in [5, 5.41) is 18.8. The number of aromatic nitrogens is 1. The van der Waals surface area contributed by atoms with Gasteiger partial charge in [0.1, 0.15) is 35.1 Å². The van der Waals surface area contributed by atoms with Gasteiger partial charge in [-0.3, -0.25) is 4.79 Å². The van der Waals surface area contributed by atoms with Crippen molar-refractivity contribution in [3.63, 3.8) is 0 Å². The summed E-state index contributed by atoms with van der Waals surface area (Å²) in [6.45, 7) is -0.0370. The number of nitrogens with two attached hydrogens (primary N) is 1. The lowest BCUT2D eigenvalue weighted by Gasteiger charge is -2.13. The second-order valence-electron chi connectivity index (χ2n) is 6.01. The standard InChI is InChI=1S/C20H15FN2O6/c21-13-4-2-1-3-11(13)9-29-12-7-5-10(6-8-12)14-15(19(25)26)17(22)23-18(24)16(14)20(27)28/h1-8H,9H2,(H,25,26)(H,27,28)(H3,22,23,24). The van der Waals surface area contributed by atoms with E-state index in [4.69, 9.17) is 10.5 Å². The van der Waals surface area contributed by atoms with Gasteiger partial charge in [-0.15, -0.1) is 0 Å². The molecule has 148 valence electrons. The fraction of sp³-hybridized carbons (Fsp3) is 0.0500. The smallest absolute Gasteiger partial charge is 0.342 e. The highest BCUT2D eigenvalue weighted by atomic mass is 19.1. The second-order valence-corrected chi connectivity index (χ2v) is 6.01. The molecule has 5 N–H and O–H groups in total. The van der Waals surface area contributed by atoms with E-state index >= 15 is 0 Å². The number of aromatic carboxylic acids is 2. The maximum Gasteiger partial charge on any atom is 0.342 e. The molecule has 0 unspecified atom stereocenters. The van der Waals surface area contributed by atoms with Gasteiger partial charge in [-0.1, -0.05) is 30.3 Å². The van der Waals surface area contributed by atoms with Crippen molar-refractivity contribution >= 4 is 17.8 Å². The maximum atomic E-state index is 13.7. The molecule has 29 heavy (non-hydrogen) atoms. The van der Waals surface area contributed by atoms with Crippen LogP contribution in [0, 0.1) is 5.82 Å². The first kappa shape index (κ1) is 19.6. The van der Waals surface area contributed by atoms with E-state index in [9.17, 15) is 29.0 Å². The maximum absolute atomic E-state index is 13.7. The minimum Gasteiger partial charge on any atom is -0.489 e. The third kappa shape index (κ3) is 3.93. The highest BCUT2D eigenvalue weighted by Crippen LogP contribution is 2.30. The molecule has 0 saturated heterocycles. The number of benzene rings is 2. The van der Waals surface area contributed by atoms with Gasteiger partial charge in [-0.2, -0.15) is 0 Å². The summed E-state index contributed by atoms with van der Waals surface area (Å²) in [5.41, 5.74) is 3.50. The summed E-state index contributed by atoms with van der Waals surface area (Å²) >= 11 is 0. The van der Waals surface area contributed by atoms with Crippen LogP contribution in [0.3, 0.4) is 0 Å². The lowest BCUT2D eigenvalue weighted by Crippen LogP contribution is -2.24. The van der Waals surface area contributed by atoms with Crippen molar-refractivity contribution in [2.45, 2.75) is 6.61 Å². The van der Waals surface area contributed by atoms with Gasteiger partial charge in [0.25, 0.3) is 5.56 Å². The van der Waals surface area contributed by atoms with E-state index in [-0.39, 0.29) is 17.7 Å². The Bertz CT molecular complexity index is 1150. The summed E-state index contributed by atoms with van der Waals surface area (Å²) in [4.78, 5) is 37.2. The molecule has 8 nitrogen and oxygen atoms in total. The second kappa shape index (κ2) is 7.85. The molecule has 0 bridgehead atoms. The number of aromatic amines is 1. The predicted octanol–water partition coefficient (Wildman–Crippen LogP) is 2.74. The molecule has 0 saturated carbocycles. The molecule has 1 heterocycles. The summed E-state index contributed by atoms with van der Waals surface area (Å²) in [5.74, 6) is -3.62. The van der Waals surface area contributed by atoms with E-state index in [1.54, 1.807) is 18.2 Å². The molecule has 0 fully saturated rings. The normalized spacial score (nSPS) is 10.5. The minimum atomic E-state index is -1.59. The van der Waals surface area contributed by atoms with Crippen molar-refractivity contribution in [2.75, 3.05) is 5.73 Å². The molecule has 3 rings (SSSR count). The first-order valence-electron chi connectivity index (χ1n) is 8.28. The van der Waals surface area contributed by atoms with Crippen LogP contribution in [-0.2, 0) is 6.61 Å². The van der Waals surface area contributed by atoms with Crippen LogP contribution in [0.15, 0.2) is 53.3 Å². The monoisotopic (exact) mass is 398 g/mol. The number of ether oxygens (including phenoxy) is 1. The molecule has 9 heteroatoms. The molecule has 0 aliphatic carbocycles. The number of H-pyrrole nitrogens is 1. The molecule has 0 atom stereocenters. The van der Waals surface area contributed by atoms with Crippen molar-refractivity contribution < 1.29 is 28.9 Å². The van der Waals surface area contributed by atoms with E-state index in [1.807, 2.05) is 4.98 Å². The van der Waals surface area contributed by atoms with Gasteiger partial charge in [0.15, 0.2) is 0 Å². The minimum absolute atomic E-state index is 0.0370. The average molecular weight is 398 g/mol. The van der Waals surface area contributed by atoms with Crippen molar-refractivity contribution in [3.05, 3.63) is 81.4 Å². The van der Waals surface area contributed by atoms with E-state index in [2.05, 4.69) is 0 Å². The summed E-state index contributed by atoms with van der Waals surface area (Å²) in [6.07, 6.45) is 0. The third-order valence-electron chi connectivity index (χ3n) is 4.17. The van der Waals surface area contributed by atoms with Crippen LogP contribution in [0.1, 0.15) is 26.3 Å². The number of carboxylic acid groups (broad SMARTS) is 2. The Morgan fingerprint density at radius 1 is 1.00 bits per heavy atom. The fourth-order valence-electron chi connectivity index (χ4n) is 2.83. The molecule has 0 spiro atoms. The number of nitrogen functional groups attached to an aromatic ring is 1. The number of nitrogens with one attached hydrogen (secondary N) is 1. The summed E-state index contributed by atoms with van der Waals surface area (Å²) in [6, 6.07) is 11.8. The van der Waals surface area contributed by atoms with E-state index in [0.29, 0.717) is 11.3 Å². The lowest BCUT2D eigenvalue weighted by molar-refractivity contribution is 0.0695. The van der Waals surface area contributed by atoms with Gasteiger partial charge in [-0.25, -0.2) is 14.0 Å². The highest BCUT2D eigenvalue weighted by Gasteiger charge is 2.26. The Labute approximate surface area is 163 Å². The third-order valence-corrected chi connectivity index (χ3v) is 4.17. The molecule has 0 aliphatic rings. The molecular formula is C20H15FN2O6. The van der Waals surface area contributed by atoms with E-state index in [1.165, 1.54) is 30.3 Å². The number of carbonyl (C=O) groups is 2. The Morgan fingerprint density at radius 2 is 1.62 bits per heavy atom. The number of hydrogen-bond acceptors (Lipinski definition) is 5. The largest absolute Gasteiger partial charge is 0.489 e. The number of halogens is 1. The van der Waals surface area contributed by atoms with Crippen LogP contribution in [0.4, 0.5) is 10.2 Å². The highest BCUT2D eigenvalue weighted by molar-refractivity contribution is 6.07. The molecule has 0 aliphatic heterocycles. The number of hydrogen-bond donors (Lipinski definition) is 4. The van der Waals surface area contributed by atoms with Gasteiger partial charge in [0.2, 0.25) is 0 Å². The first-order valence-corrected chi connectivity index (χ1v) is 8.28. The van der Waals surface area contributed by atoms with Crippen molar-refractivity contribution in [1.82, 2.24) is 4.98 Å². The molecule has 2 aromatic carbocycles. The number of anilines is 1. The first-order chi connectivity index (χ1) is 13.8. The fourth-order valence-corrected chi connectivity index (χ4v) is 2.83. The van der Waals surface area contributed by atoms with Crippen LogP contribution in [0.25, 0.3) is 11.1 Å². The van der Waals surface area contributed by atoms with E-state index < -0.39 is 40.3 Å². The molecule has 0 amide bonds. The SMILES string of the molecule is Nc1[nH]c(=O)c(C(=O)O)c(-c2ccc(OCc3ccccc3F)cc2)c1C(=O)O. The Kier molecular flexibility index (Phi) is 5.31. The molecule has 1 aromatic heterocycles. The Morgan fingerprint density at radius 3 is 2.21 bits per heavy atom. The van der Waals surface area contributed by atoms with Crippen molar-refractivity contribution in [3.8, 4) is 16.9 Å². The summed E-state index contributed by atoms with van der Waals surface area (Å²) in [7, 11) is 0. The number of rotatable bonds is 6. The van der Waals surface area contributed by atoms with Crippen LogP contribution < -0.4 is 16.0 Å². The zero-order valence-electron chi connectivity index (χ0n) is 14.8. The molecular weight excluding hydrogens is 383 g/mol. The van der Waals surface area contributed by atoms with Crippen LogP contribution >= 0.6 is 0 Å². The van der Waals surface area contributed by atoms with Gasteiger partial charge in [-0.05, 0) is 23.8 Å². The van der Waals surface area contributed by atoms with Gasteiger partial charge < -0.3 is 25.7 Å². The zero-order valence-corrected chi connectivity index (χ0v) is 14.8. The average Bonchev–Trinajstić information content (AvgIpc) is 2.66. The van der Waals surface area contributed by atoms with Crippen LogP contribution in [-0.4, -0.2) is 27.1 Å². The number of carboxylic acids is 2. The lowest BCUT2D eigenvalue weighted by atomic mass is 9.95. The van der Waals surface area contributed by atoms with Crippen molar-refractivity contribution in [1.29, 1.82) is 0 Å². The zero-order chi connectivity index (χ0) is 21.1. The van der Waals surface area contributed by atoms with Gasteiger partial charge in [0.05, 0.1) is 0 Å². The predicted molar refractivity (Wildman–Crippen MR) is 102 cm³/mol. The topological polar surface area (TPSA) is 143 Å². The van der Waals surface area contributed by atoms with Crippen molar-refractivity contribution in [2.24, 2.45) is 0 Å². The Hall–Kier alpha value is -4.14. The quantitative estimate of drug-likeness (QED) is 0.500.